The standard InChI is InChI=1S/C11H11BrClNO/c1-15-7-6-14-5-4-8-10(14)3-2-9(12)11(8)13/h2-5H,6-7H2,1H3. The Morgan fingerprint density at radius 3 is 2.93 bits per heavy atom. The molecule has 1 aromatic heterocycles. The van der Waals surface area contributed by atoms with Crippen LogP contribution in [0.25, 0.3) is 10.9 Å². The van der Waals surface area contributed by atoms with Crippen molar-refractivity contribution in [2.24, 2.45) is 0 Å². The summed E-state index contributed by atoms with van der Waals surface area (Å²) in [5.41, 5.74) is 1.14. The van der Waals surface area contributed by atoms with Crippen molar-refractivity contribution in [1.29, 1.82) is 0 Å². The lowest BCUT2D eigenvalue weighted by molar-refractivity contribution is 0.188. The van der Waals surface area contributed by atoms with E-state index in [2.05, 4.69) is 26.6 Å². The summed E-state index contributed by atoms with van der Waals surface area (Å²) in [4.78, 5) is 0. The Hall–Kier alpha value is -0.510. The van der Waals surface area contributed by atoms with Gasteiger partial charge in [0.05, 0.1) is 11.6 Å². The van der Waals surface area contributed by atoms with E-state index in [0.29, 0.717) is 6.61 Å². The molecule has 4 heteroatoms. The third kappa shape index (κ3) is 2.05. The number of methoxy groups -OCH3 is 1. The highest BCUT2D eigenvalue weighted by molar-refractivity contribution is 9.10. The molecule has 0 saturated carbocycles. The number of aromatic nitrogens is 1. The van der Waals surface area contributed by atoms with Crippen molar-refractivity contribution in [3.05, 3.63) is 33.9 Å². The van der Waals surface area contributed by atoms with Crippen LogP contribution in [0.4, 0.5) is 0 Å². The van der Waals surface area contributed by atoms with Gasteiger partial charge < -0.3 is 9.30 Å². The lowest BCUT2D eigenvalue weighted by atomic mass is 10.2. The summed E-state index contributed by atoms with van der Waals surface area (Å²) in [7, 11) is 1.70. The molecule has 0 N–H and O–H groups in total. The first kappa shape index (κ1) is 11.0. The molecule has 15 heavy (non-hydrogen) atoms. The summed E-state index contributed by atoms with van der Waals surface area (Å²) >= 11 is 9.59. The Labute approximate surface area is 102 Å². The number of ether oxygens (including phenoxy) is 1. The normalized spacial score (nSPS) is 11.1. The van der Waals surface area contributed by atoms with Crippen LogP contribution < -0.4 is 0 Å². The number of hydrogen-bond acceptors (Lipinski definition) is 1. The summed E-state index contributed by atoms with van der Waals surface area (Å²) in [6.45, 7) is 1.55. The molecule has 0 aliphatic carbocycles. The van der Waals surface area contributed by atoms with Crippen molar-refractivity contribution >= 4 is 38.4 Å². The maximum Gasteiger partial charge on any atom is 0.0641 e. The van der Waals surface area contributed by atoms with E-state index in [-0.39, 0.29) is 0 Å². The molecule has 0 unspecified atom stereocenters. The number of fused-ring (bicyclic) bond motifs is 1. The van der Waals surface area contributed by atoms with E-state index in [1.807, 2.05) is 18.3 Å². The van der Waals surface area contributed by atoms with E-state index >= 15 is 0 Å². The second kappa shape index (κ2) is 4.56. The number of benzene rings is 1. The average molecular weight is 289 g/mol. The quantitative estimate of drug-likeness (QED) is 0.840. The fraction of sp³-hybridized carbons (Fsp3) is 0.273. The van der Waals surface area contributed by atoms with Crippen LogP contribution in [0.5, 0.6) is 0 Å². The maximum atomic E-state index is 6.18. The van der Waals surface area contributed by atoms with Gasteiger partial charge in [0.25, 0.3) is 0 Å². The van der Waals surface area contributed by atoms with Crippen LogP contribution in [0.3, 0.4) is 0 Å². The highest BCUT2D eigenvalue weighted by Gasteiger charge is 2.06. The molecule has 0 aliphatic rings. The average Bonchev–Trinajstić information content (AvgIpc) is 2.64. The molecule has 2 nitrogen and oxygen atoms in total. The predicted molar refractivity (Wildman–Crippen MR) is 66.5 cm³/mol. The molecule has 1 aromatic carbocycles. The van der Waals surface area contributed by atoms with E-state index in [9.17, 15) is 0 Å². The molecule has 2 rings (SSSR count). The summed E-state index contributed by atoms with van der Waals surface area (Å²) in [5.74, 6) is 0. The van der Waals surface area contributed by atoms with Crippen LogP contribution >= 0.6 is 27.5 Å². The van der Waals surface area contributed by atoms with Crippen LogP contribution in [0.15, 0.2) is 28.9 Å². The molecular weight excluding hydrogens is 277 g/mol. The summed E-state index contributed by atoms with van der Waals surface area (Å²) < 4.78 is 8.12. The monoisotopic (exact) mass is 287 g/mol. The Morgan fingerprint density at radius 1 is 1.40 bits per heavy atom. The molecule has 0 saturated heterocycles. The minimum absolute atomic E-state index is 0.706. The molecule has 1 heterocycles. The molecule has 0 bridgehead atoms. The fourth-order valence-corrected chi connectivity index (χ4v) is 2.16. The zero-order valence-electron chi connectivity index (χ0n) is 8.34. The van der Waals surface area contributed by atoms with Crippen LogP contribution in [-0.2, 0) is 11.3 Å². The van der Waals surface area contributed by atoms with Crippen LogP contribution in [0, 0.1) is 0 Å². The van der Waals surface area contributed by atoms with Gasteiger partial charge in [-0.05, 0) is 34.1 Å². The van der Waals surface area contributed by atoms with E-state index in [1.165, 1.54) is 0 Å². The molecule has 0 spiro atoms. The first-order valence-corrected chi connectivity index (χ1v) is 5.83. The van der Waals surface area contributed by atoms with Crippen molar-refractivity contribution in [1.82, 2.24) is 4.57 Å². The number of rotatable bonds is 3. The summed E-state index contributed by atoms with van der Waals surface area (Å²) in [6.07, 6.45) is 2.03. The van der Waals surface area contributed by atoms with Gasteiger partial charge in [0.15, 0.2) is 0 Å². The first-order valence-electron chi connectivity index (χ1n) is 4.66. The summed E-state index contributed by atoms with van der Waals surface area (Å²) in [5, 5.41) is 1.84. The minimum Gasteiger partial charge on any atom is -0.383 e. The Bertz CT molecular complexity index is 481. The fourth-order valence-electron chi connectivity index (χ4n) is 1.59. The maximum absolute atomic E-state index is 6.18. The van der Waals surface area contributed by atoms with E-state index in [0.717, 1.165) is 26.9 Å². The molecule has 0 amide bonds. The van der Waals surface area contributed by atoms with Crippen molar-refractivity contribution in [3.8, 4) is 0 Å². The van der Waals surface area contributed by atoms with Crippen molar-refractivity contribution in [3.63, 3.8) is 0 Å². The molecule has 0 aliphatic heterocycles. The van der Waals surface area contributed by atoms with Gasteiger partial charge in [0.1, 0.15) is 0 Å². The van der Waals surface area contributed by atoms with Gasteiger partial charge in [0.2, 0.25) is 0 Å². The van der Waals surface area contributed by atoms with Gasteiger partial charge in [-0.2, -0.15) is 0 Å². The topological polar surface area (TPSA) is 14.2 Å². The van der Waals surface area contributed by atoms with Crippen molar-refractivity contribution in [2.75, 3.05) is 13.7 Å². The Kier molecular flexibility index (Phi) is 3.34. The molecule has 0 radical (unpaired) electrons. The van der Waals surface area contributed by atoms with Gasteiger partial charge >= 0.3 is 0 Å². The summed E-state index contributed by atoms with van der Waals surface area (Å²) in [6, 6.07) is 6.05. The smallest absolute Gasteiger partial charge is 0.0641 e. The second-order valence-corrected chi connectivity index (χ2v) is 4.53. The third-order valence-corrected chi connectivity index (χ3v) is 3.67. The Balaban J connectivity index is 2.47. The van der Waals surface area contributed by atoms with Crippen LogP contribution in [0.2, 0.25) is 5.02 Å². The van der Waals surface area contributed by atoms with Gasteiger partial charge in [-0.1, -0.05) is 11.6 Å². The number of halogens is 2. The third-order valence-electron chi connectivity index (χ3n) is 2.38. The highest BCUT2D eigenvalue weighted by Crippen LogP contribution is 2.31. The lowest BCUT2D eigenvalue weighted by Gasteiger charge is -2.05. The predicted octanol–water partition coefficient (Wildman–Crippen LogP) is 3.70. The van der Waals surface area contributed by atoms with Crippen molar-refractivity contribution < 1.29 is 4.74 Å². The molecule has 2 aromatic rings. The van der Waals surface area contributed by atoms with Gasteiger partial charge in [-0.15, -0.1) is 0 Å². The zero-order valence-corrected chi connectivity index (χ0v) is 10.7. The van der Waals surface area contributed by atoms with Crippen molar-refractivity contribution in [2.45, 2.75) is 6.54 Å². The number of nitrogens with zero attached hydrogens (tertiary/aromatic N) is 1. The minimum atomic E-state index is 0.706. The van der Waals surface area contributed by atoms with Crippen LogP contribution in [-0.4, -0.2) is 18.3 Å². The van der Waals surface area contributed by atoms with Gasteiger partial charge in [-0.25, -0.2) is 0 Å². The van der Waals surface area contributed by atoms with E-state index in [4.69, 9.17) is 16.3 Å². The first-order chi connectivity index (χ1) is 7.24. The lowest BCUT2D eigenvalue weighted by Crippen LogP contribution is -2.02. The highest BCUT2D eigenvalue weighted by atomic mass is 79.9. The SMILES string of the molecule is COCCn1ccc2c(Cl)c(Br)ccc21. The van der Waals surface area contributed by atoms with Gasteiger partial charge in [-0.3, -0.25) is 0 Å². The van der Waals surface area contributed by atoms with Gasteiger partial charge in [0, 0.05) is 35.2 Å². The molecule has 0 fully saturated rings. The molecule has 0 atom stereocenters. The van der Waals surface area contributed by atoms with E-state index in [1.54, 1.807) is 7.11 Å². The number of hydrogen-bond donors (Lipinski definition) is 0. The Morgan fingerprint density at radius 2 is 2.20 bits per heavy atom. The second-order valence-electron chi connectivity index (χ2n) is 3.30. The van der Waals surface area contributed by atoms with Crippen LogP contribution in [0.1, 0.15) is 0 Å². The van der Waals surface area contributed by atoms with E-state index < -0.39 is 0 Å². The largest absolute Gasteiger partial charge is 0.383 e. The molecular formula is C11H11BrClNO. The molecule has 80 valence electrons. The zero-order chi connectivity index (χ0) is 10.8.